The molecule has 0 saturated heterocycles. The Labute approximate surface area is 157 Å². The van der Waals surface area contributed by atoms with Gasteiger partial charge < -0.3 is 23.1 Å². The Hall–Kier alpha value is -0.412. The summed E-state index contributed by atoms with van der Waals surface area (Å²) in [6, 6.07) is 0. The van der Waals surface area contributed by atoms with Crippen molar-refractivity contribution < 1.29 is 35.8 Å². The summed E-state index contributed by atoms with van der Waals surface area (Å²) in [7, 11) is 0. The predicted octanol–water partition coefficient (Wildman–Crippen LogP) is 4.44. The minimum atomic E-state index is -0.905. The maximum atomic E-state index is 10.1. The van der Waals surface area contributed by atoms with Crippen molar-refractivity contribution in [1.82, 2.24) is 5.32 Å². The van der Waals surface area contributed by atoms with Crippen molar-refractivity contribution in [3.63, 3.8) is 0 Å². The van der Waals surface area contributed by atoms with Gasteiger partial charge in [0.2, 0.25) is 0 Å². The molecule has 5 nitrogen and oxygen atoms in total. The predicted molar refractivity (Wildman–Crippen MR) is 95.6 cm³/mol. The van der Waals surface area contributed by atoms with E-state index in [9.17, 15) is 9.59 Å². The van der Waals surface area contributed by atoms with Gasteiger partial charge in [-0.25, -0.2) is 0 Å². The molecule has 0 aliphatic heterocycles. The Morgan fingerprint density at radius 1 is 1.04 bits per heavy atom. The number of aliphatic carboxylic acids is 1. The number of carboxylic acid groups (broad SMARTS) is 1. The summed E-state index contributed by atoms with van der Waals surface area (Å²) in [5.74, 6) is -0.873. The van der Waals surface area contributed by atoms with Crippen LogP contribution in [0.3, 0.4) is 0 Å². The SMILES string of the molecule is CC(C)(C)NC(=[OH+])CCC(=O)O.CC(C)(C)[NH-].[CH2-]C(C)(C)C.[Pt]. The molecular weight excluding hydrogens is 475 g/mol. The van der Waals surface area contributed by atoms with Gasteiger partial charge in [-0.05, 0) is 20.8 Å². The molecule has 0 rings (SSSR count). The summed E-state index contributed by atoms with van der Waals surface area (Å²) in [6.07, 6.45) is 0.113. The second-order valence-corrected chi connectivity index (χ2v) is 8.53. The Balaban J connectivity index is -0.000000137. The first-order valence-corrected chi connectivity index (χ1v) is 7.46. The number of rotatable bonds is 3. The number of carboxylic acids is 1. The molecule has 0 fully saturated rings. The van der Waals surface area contributed by atoms with Crippen molar-refractivity contribution in [2.75, 3.05) is 0 Å². The summed E-state index contributed by atoms with van der Waals surface area (Å²) in [6.45, 7) is 21.2. The smallest absolute Gasteiger partial charge is 0.390 e. The summed E-state index contributed by atoms with van der Waals surface area (Å²) < 4.78 is 0. The van der Waals surface area contributed by atoms with Gasteiger partial charge in [0, 0.05) is 26.6 Å². The number of hydrogen-bond acceptors (Lipinski definition) is 1. The van der Waals surface area contributed by atoms with Gasteiger partial charge in [-0.2, -0.15) is 5.41 Å². The van der Waals surface area contributed by atoms with Gasteiger partial charge >= 0.3 is 11.9 Å². The zero-order chi connectivity index (χ0) is 18.8. The second-order valence-electron chi connectivity index (χ2n) is 8.53. The molecule has 0 unspecified atom stereocenters. The Morgan fingerprint density at radius 2 is 1.30 bits per heavy atom. The standard InChI is InChI=1S/C8H15NO3.C5H11.C4H10N.Pt/c1-8(2,3)9-6(10)4-5-7(11)12;1-5(2,3)4;1-4(2,3)5;/h4-5H2,1-3H3,(H,9,10)(H,11,12);1H2,2-4H3;5H,1-3H3;/q;2*-1;/p+1. The number of nitrogens with one attached hydrogen (secondary N) is 2. The number of amides is 1. The third kappa shape index (κ3) is 90.1. The average Bonchev–Trinajstić information content (AvgIpc) is 2.05. The van der Waals surface area contributed by atoms with Crippen molar-refractivity contribution in [3.05, 3.63) is 12.7 Å². The van der Waals surface area contributed by atoms with Gasteiger partial charge in [0.15, 0.2) is 0 Å². The molecule has 144 valence electrons. The maximum absolute atomic E-state index is 10.1. The van der Waals surface area contributed by atoms with Crippen LogP contribution in [0.1, 0.15) is 75.2 Å². The fourth-order valence-electron chi connectivity index (χ4n) is 0.721. The molecule has 0 aliphatic rings. The van der Waals surface area contributed by atoms with E-state index in [0.717, 1.165) is 0 Å². The van der Waals surface area contributed by atoms with Crippen LogP contribution in [-0.2, 0) is 25.9 Å². The van der Waals surface area contributed by atoms with Crippen molar-refractivity contribution in [1.29, 1.82) is 0 Å². The molecule has 0 atom stereocenters. The van der Waals surface area contributed by atoms with Crippen LogP contribution in [0.15, 0.2) is 0 Å². The van der Waals surface area contributed by atoms with E-state index in [1.165, 1.54) is 0 Å². The minimum absolute atomic E-state index is 0. The van der Waals surface area contributed by atoms with Crippen LogP contribution >= 0.6 is 0 Å². The van der Waals surface area contributed by atoms with Crippen LogP contribution in [0, 0.1) is 12.3 Å². The van der Waals surface area contributed by atoms with Gasteiger partial charge in [0.1, 0.15) is 0 Å². The van der Waals surface area contributed by atoms with Crippen LogP contribution in [0.4, 0.5) is 0 Å². The third-order valence-corrected chi connectivity index (χ3v) is 1.09. The van der Waals surface area contributed by atoms with Crippen molar-refractivity contribution >= 4 is 11.9 Å². The monoisotopic (exact) mass is 512 g/mol. The van der Waals surface area contributed by atoms with Crippen LogP contribution < -0.4 is 5.32 Å². The molecular formula is C17H37N2O3Pt-. The van der Waals surface area contributed by atoms with Gasteiger partial charge in [-0.1, -0.05) is 41.5 Å². The Kier molecular flexibility index (Phi) is 17.1. The van der Waals surface area contributed by atoms with E-state index in [-0.39, 0.29) is 56.3 Å². The van der Waals surface area contributed by atoms with Crippen molar-refractivity contribution in [3.8, 4) is 0 Å². The van der Waals surface area contributed by atoms with Crippen LogP contribution in [0.25, 0.3) is 5.73 Å². The van der Waals surface area contributed by atoms with Crippen molar-refractivity contribution in [2.24, 2.45) is 5.41 Å². The first-order chi connectivity index (χ1) is 9.31. The fourth-order valence-corrected chi connectivity index (χ4v) is 0.721. The van der Waals surface area contributed by atoms with E-state index in [0.29, 0.717) is 0 Å². The van der Waals surface area contributed by atoms with E-state index in [2.05, 4.69) is 33.0 Å². The summed E-state index contributed by atoms with van der Waals surface area (Å²) in [5.41, 5.74) is 6.72. The number of carbonyl (C=O) groups is 1. The summed E-state index contributed by atoms with van der Waals surface area (Å²) in [4.78, 5) is 19.3. The number of carbonyl (C=O) groups excluding carboxylic acids is 1. The molecule has 1 amide bonds. The van der Waals surface area contributed by atoms with Crippen molar-refractivity contribution in [2.45, 2.75) is 86.2 Å². The largest absolute Gasteiger partial charge is 0.673 e. The minimum Gasteiger partial charge on any atom is -0.673 e. The topological polar surface area (TPSA) is 94.5 Å². The normalized spacial score (nSPS) is 10.9. The molecule has 0 spiro atoms. The fraction of sp³-hybridized carbons (Fsp3) is 0.824. The molecule has 4 N–H and O–H groups in total. The van der Waals surface area contributed by atoms with Crippen LogP contribution in [0.5, 0.6) is 0 Å². The quantitative estimate of drug-likeness (QED) is 0.432. The first-order valence-electron chi connectivity index (χ1n) is 7.46. The van der Waals surface area contributed by atoms with Crippen LogP contribution in [-0.4, -0.2) is 32.9 Å². The Bertz CT molecular complexity index is 300. The zero-order valence-corrected chi connectivity index (χ0v) is 18.5. The molecule has 0 saturated carbocycles. The molecule has 6 heteroatoms. The molecule has 23 heavy (non-hydrogen) atoms. The molecule has 0 aliphatic carbocycles. The summed E-state index contributed by atoms with van der Waals surface area (Å²) in [5, 5.41) is 11.1. The third-order valence-electron chi connectivity index (χ3n) is 1.09. The van der Waals surface area contributed by atoms with Gasteiger partial charge in [0.05, 0.1) is 12.8 Å². The zero-order valence-electron chi connectivity index (χ0n) is 16.2. The molecule has 0 heterocycles. The van der Waals surface area contributed by atoms with Gasteiger partial charge in [-0.15, -0.1) is 5.54 Å². The number of hydrogen-bond donors (Lipinski definition) is 2. The molecule has 0 aromatic heterocycles. The second kappa shape index (κ2) is 12.9. The molecule has 0 bridgehead atoms. The van der Waals surface area contributed by atoms with Gasteiger partial charge in [-0.3, -0.25) is 9.59 Å². The average molecular weight is 513 g/mol. The Morgan fingerprint density at radius 3 is 1.48 bits per heavy atom. The maximum Gasteiger partial charge on any atom is 0.390 e. The van der Waals surface area contributed by atoms with E-state index >= 15 is 0 Å². The van der Waals surface area contributed by atoms with E-state index in [1.54, 1.807) is 0 Å². The van der Waals surface area contributed by atoms with E-state index < -0.39 is 5.97 Å². The first kappa shape index (κ1) is 30.5. The molecule has 0 aromatic rings. The molecule has 0 aromatic carbocycles. The summed E-state index contributed by atoms with van der Waals surface area (Å²) >= 11 is 0. The van der Waals surface area contributed by atoms with Gasteiger partial charge in [0.25, 0.3) is 0 Å². The van der Waals surface area contributed by atoms with Crippen LogP contribution in [0.2, 0.25) is 0 Å². The van der Waals surface area contributed by atoms with E-state index in [4.69, 9.17) is 10.8 Å². The van der Waals surface area contributed by atoms with E-state index in [1.807, 2.05) is 41.5 Å². The molecule has 0 radical (unpaired) electrons.